The molecule has 1 amide bonds. The molecule has 0 aromatic carbocycles. The molecule has 1 heterocycles. The molecule has 0 aromatic heterocycles. The van der Waals surface area contributed by atoms with Crippen molar-refractivity contribution in [2.75, 3.05) is 6.54 Å². The fourth-order valence-electron chi connectivity index (χ4n) is 1.70. The number of carbonyl (C=O) groups excluding carboxylic acids is 1. The fourth-order valence-corrected chi connectivity index (χ4v) is 1.70. The molecule has 1 atom stereocenters. The van der Waals surface area contributed by atoms with E-state index in [4.69, 9.17) is 0 Å². The van der Waals surface area contributed by atoms with Crippen molar-refractivity contribution in [3.63, 3.8) is 0 Å². The van der Waals surface area contributed by atoms with Crippen LogP contribution in [0.25, 0.3) is 0 Å². The van der Waals surface area contributed by atoms with E-state index in [0.29, 0.717) is 0 Å². The van der Waals surface area contributed by atoms with Crippen LogP contribution in [0.3, 0.4) is 0 Å². The molecule has 2 nitrogen and oxygen atoms in total. The smallest absolute Gasteiger partial charge is 0.223 e. The van der Waals surface area contributed by atoms with E-state index >= 15 is 0 Å². The number of amides is 1. The summed E-state index contributed by atoms with van der Waals surface area (Å²) < 4.78 is 0. The molecule has 0 aromatic rings. The Hall–Kier alpha value is -0.790. The molecule has 13 heavy (non-hydrogen) atoms. The minimum absolute atomic E-state index is 0.235. The molecule has 2 heteroatoms. The first-order valence-electron chi connectivity index (χ1n) is 5.12. The molecule has 1 unspecified atom stereocenters. The Morgan fingerprint density at radius 1 is 1.62 bits per heavy atom. The van der Waals surface area contributed by atoms with E-state index in [1.807, 2.05) is 6.92 Å². The first-order valence-corrected chi connectivity index (χ1v) is 5.12. The zero-order chi connectivity index (χ0) is 9.68. The molecular formula is C11H19NO. The van der Waals surface area contributed by atoms with Crippen LogP contribution in [0.4, 0.5) is 0 Å². The lowest BCUT2D eigenvalue weighted by atomic mass is 9.95. The van der Waals surface area contributed by atoms with E-state index in [1.54, 1.807) is 0 Å². The number of hydrogen-bond acceptors (Lipinski definition) is 1. The van der Waals surface area contributed by atoms with Crippen LogP contribution in [-0.2, 0) is 4.79 Å². The molecular weight excluding hydrogens is 162 g/mol. The molecule has 1 N–H and O–H groups in total. The van der Waals surface area contributed by atoms with Gasteiger partial charge in [-0.15, -0.1) is 6.58 Å². The SMILES string of the molecule is C=C(C)CCC1CCCCNC1=O. The van der Waals surface area contributed by atoms with Gasteiger partial charge in [-0.3, -0.25) is 4.79 Å². The van der Waals surface area contributed by atoms with Crippen LogP contribution in [0, 0.1) is 5.92 Å². The van der Waals surface area contributed by atoms with Gasteiger partial charge in [0.2, 0.25) is 5.91 Å². The summed E-state index contributed by atoms with van der Waals surface area (Å²) in [4.78, 5) is 11.5. The number of rotatable bonds is 3. The number of nitrogens with one attached hydrogen (secondary N) is 1. The second-order valence-electron chi connectivity index (χ2n) is 3.98. The molecule has 1 aliphatic rings. The topological polar surface area (TPSA) is 29.1 Å². The quantitative estimate of drug-likeness (QED) is 0.665. The van der Waals surface area contributed by atoms with Crippen molar-refractivity contribution in [2.45, 2.75) is 39.0 Å². The Labute approximate surface area is 80.4 Å². The maximum Gasteiger partial charge on any atom is 0.223 e. The highest BCUT2D eigenvalue weighted by Crippen LogP contribution is 2.19. The van der Waals surface area contributed by atoms with Crippen molar-refractivity contribution < 1.29 is 4.79 Å². The summed E-state index contributed by atoms with van der Waals surface area (Å²) in [6.45, 7) is 6.74. The average molecular weight is 181 g/mol. The van der Waals surface area contributed by atoms with Gasteiger partial charge in [-0.05, 0) is 32.6 Å². The highest BCUT2D eigenvalue weighted by atomic mass is 16.1. The van der Waals surface area contributed by atoms with Crippen LogP contribution in [0.5, 0.6) is 0 Å². The highest BCUT2D eigenvalue weighted by molar-refractivity contribution is 5.78. The lowest BCUT2D eigenvalue weighted by molar-refractivity contribution is -0.124. The van der Waals surface area contributed by atoms with Gasteiger partial charge < -0.3 is 5.32 Å². The Bertz CT molecular complexity index is 198. The molecule has 1 aliphatic heterocycles. The predicted molar refractivity (Wildman–Crippen MR) is 54.4 cm³/mol. The van der Waals surface area contributed by atoms with Gasteiger partial charge in [-0.1, -0.05) is 12.0 Å². The lowest BCUT2D eigenvalue weighted by Gasteiger charge is -2.12. The van der Waals surface area contributed by atoms with Crippen LogP contribution in [0.15, 0.2) is 12.2 Å². The number of allylic oxidation sites excluding steroid dienone is 1. The van der Waals surface area contributed by atoms with Crippen molar-refractivity contribution in [1.82, 2.24) is 5.32 Å². The number of hydrogen-bond donors (Lipinski definition) is 1. The van der Waals surface area contributed by atoms with Crippen LogP contribution in [0.2, 0.25) is 0 Å². The Morgan fingerprint density at radius 2 is 2.38 bits per heavy atom. The molecule has 0 spiro atoms. The number of carbonyl (C=O) groups is 1. The minimum atomic E-state index is 0.235. The van der Waals surface area contributed by atoms with Crippen molar-refractivity contribution >= 4 is 5.91 Å². The molecule has 0 radical (unpaired) electrons. The van der Waals surface area contributed by atoms with Crippen molar-refractivity contribution in [3.05, 3.63) is 12.2 Å². The normalized spacial score (nSPS) is 23.5. The molecule has 1 fully saturated rings. The van der Waals surface area contributed by atoms with E-state index in [2.05, 4.69) is 11.9 Å². The zero-order valence-corrected chi connectivity index (χ0v) is 8.44. The lowest BCUT2D eigenvalue weighted by Crippen LogP contribution is -2.28. The highest BCUT2D eigenvalue weighted by Gasteiger charge is 2.19. The Kier molecular flexibility index (Phi) is 4.00. The van der Waals surface area contributed by atoms with Gasteiger partial charge in [0, 0.05) is 12.5 Å². The molecule has 0 bridgehead atoms. The van der Waals surface area contributed by atoms with Gasteiger partial charge in [0.05, 0.1) is 0 Å². The summed E-state index contributed by atoms with van der Waals surface area (Å²) in [6.07, 6.45) is 5.33. The van der Waals surface area contributed by atoms with Gasteiger partial charge in [-0.2, -0.15) is 0 Å². The third-order valence-corrected chi connectivity index (χ3v) is 2.57. The summed E-state index contributed by atoms with van der Waals surface area (Å²) in [5.41, 5.74) is 1.18. The van der Waals surface area contributed by atoms with Gasteiger partial charge in [0.1, 0.15) is 0 Å². The first kappa shape index (κ1) is 10.3. The first-order chi connectivity index (χ1) is 6.20. The molecule has 0 saturated carbocycles. The molecule has 74 valence electrons. The third kappa shape index (κ3) is 3.62. The maximum absolute atomic E-state index is 11.5. The monoisotopic (exact) mass is 181 g/mol. The van der Waals surface area contributed by atoms with Crippen molar-refractivity contribution in [1.29, 1.82) is 0 Å². The van der Waals surface area contributed by atoms with Crippen molar-refractivity contribution in [2.24, 2.45) is 5.92 Å². The maximum atomic E-state index is 11.5. The van der Waals surface area contributed by atoms with E-state index in [1.165, 1.54) is 12.0 Å². The standard InChI is InChI=1S/C11H19NO/c1-9(2)6-7-10-5-3-4-8-12-11(10)13/h10H,1,3-8H2,2H3,(H,12,13). The van der Waals surface area contributed by atoms with E-state index < -0.39 is 0 Å². The summed E-state index contributed by atoms with van der Waals surface area (Å²) in [5, 5.41) is 2.95. The summed E-state index contributed by atoms with van der Waals surface area (Å²) in [7, 11) is 0. The Balaban J connectivity index is 2.36. The molecule has 0 aliphatic carbocycles. The molecule has 1 saturated heterocycles. The fraction of sp³-hybridized carbons (Fsp3) is 0.727. The largest absolute Gasteiger partial charge is 0.356 e. The van der Waals surface area contributed by atoms with Crippen LogP contribution in [0.1, 0.15) is 39.0 Å². The van der Waals surface area contributed by atoms with Gasteiger partial charge >= 0.3 is 0 Å². The van der Waals surface area contributed by atoms with Crippen LogP contribution in [-0.4, -0.2) is 12.5 Å². The van der Waals surface area contributed by atoms with Crippen molar-refractivity contribution in [3.8, 4) is 0 Å². The molecule has 1 rings (SSSR count). The van der Waals surface area contributed by atoms with E-state index in [9.17, 15) is 4.79 Å². The van der Waals surface area contributed by atoms with Gasteiger partial charge in [0.25, 0.3) is 0 Å². The van der Waals surface area contributed by atoms with Gasteiger partial charge in [0.15, 0.2) is 0 Å². The summed E-state index contributed by atoms with van der Waals surface area (Å²) in [6, 6.07) is 0. The Morgan fingerprint density at radius 3 is 3.08 bits per heavy atom. The second-order valence-corrected chi connectivity index (χ2v) is 3.98. The summed E-state index contributed by atoms with van der Waals surface area (Å²) in [5.74, 6) is 0.484. The average Bonchev–Trinajstić information content (AvgIpc) is 2.27. The van der Waals surface area contributed by atoms with Crippen LogP contribution < -0.4 is 5.32 Å². The van der Waals surface area contributed by atoms with Crippen LogP contribution >= 0.6 is 0 Å². The zero-order valence-electron chi connectivity index (χ0n) is 8.44. The van der Waals surface area contributed by atoms with E-state index in [0.717, 1.165) is 32.2 Å². The third-order valence-electron chi connectivity index (χ3n) is 2.57. The predicted octanol–water partition coefficient (Wildman–Crippen LogP) is 2.26. The minimum Gasteiger partial charge on any atom is -0.356 e. The van der Waals surface area contributed by atoms with E-state index in [-0.39, 0.29) is 11.8 Å². The van der Waals surface area contributed by atoms with Gasteiger partial charge in [-0.25, -0.2) is 0 Å². The second kappa shape index (κ2) is 5.05. The summed E-state index contributed by atoms with van der Waals surface area (Å²) >= 11 is 0.